The third-order valence-corrected chi connectivity index (χ3v) is 7.63. The summed E-state index contributed by atoms with van der Waals surface area (Å²) in [6.45, 7) is 10.3. The molecule has 1 atom stereocenters. The standard InChI is InChI=1S/C26H34N2O3S/c1-26(2,3)19-5-11-23(12-6-19)32-24-13-15-27(16-14-24)17-22-18-28(25(29)31-22)20-7-9-21(30-4)10-8-20/h5-12,22,24H,13-18H2,1-4H3. The molecule has 0 aromatic heterocycles. The molecule has 0 aliphatic carbocycles. The van der Waals surface area contributed by atoms with E-state index in [-0.39, 0.29) is 17.6 Å². The maximum Gasteiger partial charge on any atom is 0.414 e. The molecule has 0 bridgehead atoms. The summed E-state index contributed by atoms with van der Waals surface area (Å²) in [6, 6.07) is 16.6. The second-order valence-corrected chi connectivity index (χ2v) is 11.1. The van der Waals surface area contributed by atoms with Crippen LogP contribution in [0.25, 0.3) is 0 Å². The van der Waals surface area contributed by atoms with Gasteiger partial charge in [0.2, 0.25) is 0 Å². The Bertz CT molecular complexity index is 900. The van der Waals surface area contributed by atoms with Crippen molar-refractivity contribution in [3.8, 4) is 5.75 Å². The molecule has 1 amide bonds. The molecule has 0 spiro atoms. The maximum absolute atomic E-state index is 12.4. The SMILES string of the molecule is COc1ccc(N2CC(CN3CCC(Sc4ccc(C(C)(C)C)cc4)CC3)OC2=O)cc1. The van der Waals surface area contributed by atoms with E-state index >= 15 is 0 Å². The van der Waals surface area contributed by atoms with Crippen LogP contribution in [0.2, 0.25) is 0 Å². The van der Waals surface area contributed by atoms with Crippen molar-refractivity contribution in [2.24, 2.45) is 0 Å². The monoisotopic (exact) mass is 454 g/mol. The zero-order chi connectivity index (χ0) is 22.7. The number of carbonyl (C=O) groups excluding carboxylic acids is 1. The second-order valence-electron chi connectivity index (χ2n) is 9.71. The van der Waals surface area contributed by atoms with Crippen molar-refractivity contribution >= 4 is 23.5 Å². The van der Waals surface area contributed by atoms with Crippen molar-refractivity contribution in [1.82, 2.24) is 4.90 Å². The maximum atomic E-state index is 12.4. The Hall–Kier alpha value is -2.18. The number of hydrogen-bond donors (Lipinski definition) is 0. The summed E-state index contributed by atoms with van der Waals surface area (Å²) in [4.78, 5) is 17.9. The lowest BCUT2D eigenvalue weighted by Gasteiger charge is -2.32. The Morgan fingerprint density at radius 3 is 2.28 bits per heavy atom. The van der Waals surface area contributed by atoms with Gasteiger partial charge in [-0.1, -0.05) is 32.9 Å². The number of ether oxygens (including phenoxy) is 2. The Morgan fingerprint density at radius 1 is 1.03 bits per heavy atom. The average Bonchev–Trinajstić information content (AvgIpc) is 3.15. The highest BCUT2D eigenvalue weighted by atomic mass is 32.2. The van der Waals surface area contributed by atoms with Gasteiger partial charge in [0.15, 0.2) is 0 Å². The Labute approximate surface area is 196 Å². The summed E-state index contributed by atoms with van der Waals surface area (Å²) >= 11 is 2.00. The summed E-state index contributed by atoms with van der Waals surface area (Å²) in [5, 5.41) is 0.647. The van der Waals surface area contributed by atoms with Gasteiger partial charge in [-0.05, 0) is 73.3 Å². The largest absolute Gasteiger partial charge is 0.497 e. The van der Waals surface area contributed by atoms with Gasteiger partial charge in [0, 0.05) is 22.4 Å². The number of thioether (sulfide) groups is 1. The van der Waals surface area contributed by atoms with Gasteiger partial charge >= 0.3 is 6.09 Å². The van der Waals surface area contributed by atoms with Crippen LogP contribution in [0.5, 0.6) is 5.75 Å². The van der Waals surface area contributed by atoms with Gasteiger partial charge < -0.3 is 9.47 Å². The number of nitrogens with zero attached hydrogens (tertiary/aromatic N) is 2. The summed E-state index contributed by atoms with van der Waals surface area (Å²) in [5.74, 6) is 0.781. The number of anilines is 1. The van der Waals surface area contributed by atoms with Gasteiger partial charge in [-0.2, -0.15) is 0 Å². The van der Waals surface area contributed by atoms with Crippen LogP contribution in [0.4, 0.5) is 10.5 Å². The fraction of sp³-hybridized carbons (Fsp3) is 0.500. The van der Waals surface area contributed by atoms with Gasteiger partial charge in [0.05, 0.1) is 13.7 Å². The minimum absolute atomic E-state index is 0.0845. The Morgan fingerprint density at radius 2 is 1.69 bits per heavy atom. The number of cyclic esters (lactones) is 1. The van der Waals surface area contributed by atoms with E-state index in [1.165, 1.54) is 10.5 Å². The normalized spacial score (nSPS) is 20.4. The predicted molar refractivity (Wildman–Crippen MR) is 131 cm³/mol. The second kappa shape index (κ2) is 9.75. The number of likely N-dealkylation sites (tertiary alicyclic amines) is 1. The number of piperidine rings is 1. The van der Waals surface area contributed by atoms with E-state index in [1.54, 1.807) is 12.0 Å². The van der Waals surface area contributed by atoms with Crippen LogP contribution in [0.1, 0.15) is 39.2 Å². The number of amides is 1. The highest BCUT2D eigenvalue weighted by molar-refractivity contribution is 8.00. The predicted octanol–water partition coefficient (Wildman–Crippen LogP) is 5.57. The first-order valence-corrected chi connectivity index (χ1v) is 12.3. The molecule has 2 aromatic rings. The smallest absolute Gasteiger partial charge is 0.414 e. The van der Waals surface area contributed by atoms with Gasteiger partial charge in [0.1, 0.15) is 11.9 Å². The molecule has 4 rings (SSSR count). The zero-order valence-electron chi connectivity index (χ0n) is 19.5. The summed E-state index contributed by atoms with van der Waals surface area (Å²) in [6.07, 6.45) is 1.98. The molecule has 2 aliphatic rings. The number of benzene rings is 2. The van der Waals surface area contributed by atoms with Crippen LogP contribution in [-0.2, 0) is 10.2 Å². The summed E-state index contributed by atoms with van der Waals surface area (Å²) < 4.78 is 10.9. The topological polar surface area (TPSA) is 42.0 Å². The molecule has 2 fully saturated rings. The van der Waals surface area contributed by atoms with E-state index in [9.17, 15) is 4.79 Å². The van der Waals surface area contributed by atoms with E-state index in [2.05, 4.69) is 49.9 Å². The van der Waals surface area contributed by atoms with E-state index in [4.69, 9.17) is 9.47 Å². The van der Waals surface area contributed by atoms with Crippen LogP contribution < -0.4 is 9.64 Å². The van der Waals surface area contributed by atoms with Crippen LogP contribution in [0.15, 0.2) is 53.4 Å². The van der Waals surface area contributed by atoms with Crippen molar-refractivity contribution in [3.63, 3.8) is 0 Å². The molecule has 2 aliphatic heterocycles. The molecule has 32 heavy (non-hydrogen) atoms. The number of rotatable bonds is 6. The van der Waals surface area contributed by atoms with Gasteiger partial charge in [0.25, 0.3) is 0 Å². The van der Waals surface area contributed by atoms with Gasteiger partial charge in [-0.15, -0.1) is 11.8 Å². The van der Waals surface area contributed by atoms with Crippen LogP contribution in [-0.4, -0.2) is 55.6 Å². The van der Waals surface area contributed by atoms with Crippen molar-refractivity contribution in [2.75, 3.05) is 38.2 Å². The van der Waals surface area contributed by atoms with Crippen molar-refractivity contribution in [3.05, 3.63) is 54.1 Å². The Balaban J connectivity index is 1.24. The van der Waals surface area contributed by atoms with E-state index in [0.717, 1.165) is 43.9 Å². The summed E-state index contributed by atoms with van der Waals surface area (Å²) in [5.41, 5.74) is 2.43. The molecule has 2 heterocycles. The van der Waals surface area contributed by atoms with Crippen molar-refractivity contribution in [1.29, 1.82) is 0 Å². The molecular formula is C26H34N2O3S. The molecule has 0 N–H and O–H groups in total. The molecule has 2 saturated heterocycles. The minimum Gasteiger partial charge on any atom is -0.497 e. The first-order valence-electron chi connectivity index (χ1n) is 11.4. The van der Waals surface area contributed by atoms with E-state index in [0.29, 0.717) is 11.8 Å². The molecule has 6 heteroatoms. The van der Waals surface area contributed by atoms with E-state index < -0.39 is 0 Å². The first kappa shape index (κ1) is 23.0. The fourth-order valence-electron chi connectivity index (χ4n) is 4.31. The summed E-state index contributed by atoms with van der Waals surface area (Å²) in [7, 11) is 1.64. The number of hydrogen-bond acceptors (Lipinski definition) is 5. The molecular weight excluding hydrogens is 420 g/mol. The van der Waals surface area contributed by atoms with E-state index in [1.807, 2.05) is 36.0 Å². The molecule has 172 valence electrons. The first-order chi connectivity index (χ1) is 15.3. The highest BCUT2D eigenvalue weighted by Crippen LogP contribution is 2.32. The van der Waals surface area contributed by atoms with Crippen LogP contribution in [0.3, 0.4) is 0 Å². The average molecular weight is 455 g/mol. The highest BCUT2D eigenvalue weighted by Gasteiger charge is 2.34. The van der Waals surface area contributed by atoms with Crippen LogP contribution in [0, 0.1) is 0 Å². The quantitative estimate of drug-likeness (QED) is 0.570. The zero-order valence-corrected chi connectivity index (χ0v) is 20.4. The fourth-order valence-corrected chi connectivity index (χ4v) is 5.44. The molecule has 0 radical (unpaired) electrons. The molecule has 5 nitrogen and oxygen atoms in total. The van der Waals surface area contributed by atoms with Gasteiger partial charge in [-0.3, -0.25) is 9.80 Å². The molecule has 0 saturated carbocycles. The number of carbonyl (C=O) groups is 1. The van der Waals surface area contributed by atoms with Crippen LogP contribution >= 0.6 is 11.8 Å². The van der Waals surface area contributed by atoms with Crippen molar-refractivity contribution in [2.45, 2.75) is 55.3 Å². The van der Waals surface area contributed by atoms with Gasteiger partial charge in [-0.25, -0.2) is 4.79 Å². The lowest BCUT2D eigenvalue weighted by Crippen LogP contribution is -2.40. The Kier molecular flexibility index (Phi) is 7.01. The lowest BCUT2D eigenvalue weighted by molar-refractivity contribution is 0.101. The lowest BCUT2D eigenvalue weighted by atomic mass is 9.87. The minimum atomic E-state index is -0.260. The third-order valence-electron chi connectivity index (χ3n) is 6.28. The third kappa shape index (κ3) is 5.59. The molecule has 2 aromatic carbocycles. The molecule has 1 unspecified atom stereocenters. The van der Waals surface area contributed by atoms with Crippen molar-refractivity contribution < 1.29 is 14.3 Å². The number of methoxy groups -OCH3 is 1.